The maximum absolute atomic E-state index is 14.4. The zero-order chi connectivity index (χ0) is 21.5. The van der Waals surface area contributed by atoms with Crippen molar-refractivity contribution in [3.63, 3.8) is 0 Å². The number of fused-ring (bicyclic) bond motifs is 2. The summed E-state index contributed by atoms with van der Waals surface area (Å²) in [6, 6.07) is 6.36. The van der Waals surface area contributed by atoms with E-state index in [1.54, 1.807) is 4.40 Å². The van der Waals surface area contributed by atoms with Gasteiger partial charge in [-0.3, -0.25) is 4.68 Å². The molecule has 0 aliphatic carbocycles. The molecule has 7 nitrogen and oxygen atoms in total. The average Bonchev–Trinajstić information content (AvgIpc) is 3.49. The molecule has 3 aromatic heterocycles. The highest BCUT2D eigenvalue weighted by Gasteiger charge is 2.24. The van der Waals surface area contributed by atoms with Crippen LogP contribution in [0.4, 0.5) is 15.8 Å². The first-order chi connectivity index (χ1) is 15.1. The number of rotatable bonds is 6. The Labute approximate surface area is 180 Å². The van der Waals surface area contributed by atoms with Crippen molar-refractivity contribution in [3.05, 3.63) is 53.9 Å². The molecule has 0 bridgehead atoms. The van der Waals surface area contributed by atoms with E-state index in [9.17, 15) is 4.39 Å². The van der Waals surface area contributed by atoms with Crippen LogP contribution in [0.2, 0.25) is 0 Å². The number of pyridine rings is 1. The molecule has 1 aliphatic heterocycles. The summed E-state index contributed by atoms with van der Waals surface area (Å²) in [5, 5.41) is 12.8. The third-order valence-corrected chi connectivity index (χ3v) is 6.16. The molecular weight excluding hydrogens is 393 g/mol. The molecule has 4 aromatic rings. The first-order valence-corrected chi connectivity index (χ1v) is 10.9. The van der Waals surface area contributed by atoms with Gasteiger partial charge in [0.2, 0.25) is 0 Å². The Morgan fingerprint density at radius 1 is 1.23 bits per heavy atom. The van der Waals surface area contributed by atoms with E-state index in [0.717, 1.165) is 42.8 Å². The van der Waals surface area contributed by atoms with E-state index in [2.05, 4.69) is 45.8 Å². The maximum atomic E-state index is 14.4. The van der Waals surface area contributed by atoms with E-state index in [-0.39, 0.29) is 5.82 Å². The number of imidazole rings is 1. The third-order valence-electron chi connectivity index (χ3n) is 6.16. The van der Waals surface area contributed by atoms with Gasteiger partial charge in [0.15, 0.2) is 11.5 Å². The number of benzene rings is 1. The number of aryl methyl sites for hydroxylation is 2. The van der Waals surface area contributed by atoms with Gasteiger partial charge in [0.25, 0.3) is 0 Å². The second-order valence-electron chi connectivity index (χ2n) is 8.25. The Hall–Kier alpha value is -3.13. The van der Waals surface area contributed by atoms with Crippen molar-refractivity contribution in [2.75, 3.05) is 30.4 Å². The SMILES string of the molecule is CCn1cc2c(N3CC[C@@H](NC)C3)ccc(CNc3cc(F)c4nc(C)cn4c3)c2n1. The number of nitrogens with zero attached hydrogens (tertiary/aromatic N) is 5. The Morgan fingerprint density at radius 3 is 2.87 bits per heavy atom. The quantitative estimate of drug-likeness (QED) is 0.499. The fourth-order valence-corrected chi connectivity index (χ4v) is 4.46. The van der Waals surface area contributed by atoms with Gasteiger partial charge in [0.1, 0.15) is 0 Å². The van der Waals surface area contributed by atoms with Crippen molar-refractivity contribution in [1.29, 1.82) is 0 Å². The van der Waals surface area contributed by atoms with Crippen LogP contribution in [0.25, 0.3) is 16.6 Å². The molecule has 0 saturated carbocycles. The summed E-state index contributed by atoms with van der Waals surface area (Å²) in [7, 11) is 2.03. The van der Waals surface area contributed by atoms with Gasteiger partial charge >= 0.3 is 0 Å². The molecule has 0 radical (unpaired) electrons. The first-order valence-electron chi connectivity index (χ1n) is 10.9. The lowest BCUT2D eigenvalue weighted by atomic mass is 10.1. The summed E-state index contributed by atoms with van der Waals surface area (Å²) in [5.74, 6) is -0.332. The summed E-state index contributed by atoms with van der Waals surface area (Å²) in [6.07, 6.45) is 6.98. The summed E-state index contributed by atoms with van der Waals surface area (Å²) >= 11 is 0. The van der Waals surface area contributed by atoms with Crippen LogP contribution in [0, 0.1) is 12.7 Å². The van der Waals surface area contributed by atoms with Crippen molar-refractivity contribution >= 4 is 27.9 Å². The van der Waals surface area contributed by atoms with Crippen LogP contribution in [0.3, 0.4) is 0 Å². The molecule has 162 valence electrons. The van der Waals surface area contributed by atoms with E-state index in [1.807, 2.05) is 31.0 Å². The monoisotopic (exact) mass is 421 g/mol. The normalized spacial score (nSPS) is 16.6. The molecule has 5 rings (SSSR count). The van der Waals surface area contributed by atoms with E-state index in [0.29, 0.717) is 23.9 Å². The standard InChI is InChI=1S/C23H28FN7/c1-4-31-14-19-21(29-8-7-17(12-29)25-3)6-5-16(22(19)28-31)10-26-18-9-20(24)23-27-15(2)11-30(23)13-18/h5-6,9,11,13-14,17,25-26H,4,7-8,10,12H2,1-3H3/t17-/m1/s1. The molecular formula is C23H28FN7. The van der Waals surface area contributed by atoms with Crippen molar-refractivity contribution in [2.45, 2.75) is 39.4 Å². The summed E-state index contributed by atoms with van der Waals surface area (Å²) in [6.45, 7) is 7.39. The second-order valence-corrected chi connectivity index (χ2v) is 8.25. The zero-order valence-electron chi connectivity index (χ0n) is 18.2. The Balaban J connectivity index is 1.45. The van der Waals surface area contributed by atoms with Crippen LogP contribution in [0.1, 0.15) is 24.6 Å². The van der Waals surface area contributed by atoms with Crippen LogP contribution in [0.15, 0.2) is 36.8 Å². The highest BCUT2D eigenvalue weighted by molar-refractivity contribution is 5.94. The average molecular weight is 422 g/mol. The Kier molecular flexibility index (Phi) is 5.02. The van der Waals surface area contributed by atoms with E-state index < -0.39 is 0 Å². The zero-order valence-corrected chi connectivity index (χ0v) is 18.2. The van der Waals surface area contributed by atoms with E-state index in [1.165, 1.54) is 17.1 Å². The van der Waals surface area contributed by atoms with E-state index in [4.69, 9.17) is 5.10 Å². The fourth-order valence-electron chi connectivity index (χ4n) is 4.46. The Morgan fingerprint density at radius 2 is 2.10 bits per heavy atom. The highest BCUT2D eigenvalue weighted by Crippen LogP contribution is 2.31. The predicted molar refractivity (Wildman–Crippen MR) is 122 cm³/mol. The minimum Gasteiger partial charge on any atom is -0.380 e. The number of aromatic nitrogens is 4. The summed E-state index contributed by atoms with van der Waals surface area (Å²) in [5.41, 5.74) is 5.18. The molecule has 1 atom stereocenters. The van der Waals surface area contributed by atoms with Gasteiger partial charge in [-0.2, -0.15) is 5.10 Å². The number of halogens is 1. The number of hydrogen-bond donors (Lipinski definition) is 2. The van der Waals surface area contributed by atoms with Crippen LogP contribution in [-0.4, -0.2) is 45.3 Å². The van der Waals surface area contributed by atoms with Crippen LogP contribution < -0.4 is 15.5 Å². The third kappa shape index (κ3) is 3.61. The molecule has 1 aromatic carbocycles. The van der Waals surface area contributed by atoms with Gasteiger partial charge in [0, 0.05) is 68.0 Å². The minimum absolute atomic E-state index is 0.332. The summed E-state index contributed by atoms with van der Waals surface area (Å²) < 4.78 is 18.1. The molecule has 4 heterocycles. The molecule has 1 fully saturated rings. The lowest BCUT2D eigenvalue weighted by Gasteiger charge is -2.20. The fraction of sp³-hybridized carbons (Fsp3) is 0.391. The first kappa shape index (κ1) is 19.8. The molecule has 1 saturated heterocycles. The van der Waals surface area contributed by atoms with Gasteiger partial charge in [-0.1, -0.05) is 6.07 Å². The number of nitrogens with one attached hydrogen (secondary N) is 2. The lowest BCUT2D eigenvalue weighted by Crippen LogP contribution is -2.29. The number of anilines is 2. The molecule has 0 amide bonds. The largest absolute Gasteiger partial charge is 0.380 e. The maximum Gasteiger partial charge on any atom is 0.173 e. The van der Waals surface area contributed by atoms with Gasteiger partial charge in [0.05, 0.1) is 16.9 Å². The number of hydrogen-bond acceptors (Lipinski definition) is 5. The van der Waals surface area contributed by atoms with Crippen molar-refractivity contribution in [2.24, 2.45) is 0 Å². The molecule has 0 unspecified atom stereocenters. The molecule has 1 aliphatic rings. The lowest BCUT2D eigenvalue weighted by molar-refractivity contribution is 0.617. The molecule has 31 heavy (non-hydrogen) atoms. The second kappa shape index (κ2) is 7.85. The van der Waals surface area contributed by atoms with Crippen molar-refractivity contribution < 1.29 is 4.39 Å². The van der Waals surface area contributed by atoms with E-state index >= 15 is 0 Å². The van der Waals surface area contributed by atoms with Gasteiger partial charge in [-0.25, -0.2) is 9.37 Å². The number of likely N-dealkylation sites (N-methyl/N-ethyl adjacent to an activating group) is 1. The van der Waals surface area contributed by atoms with Crippen molar-refractivity contribution in [1.82, 2.24) is 24.5 Å². The van der Waals surface area contributed by atoms with Gasteiger partial charge in [-0.15, -0.1) is 0 Å². The smallest absolute Gasteiger partial charge is 0.173 e. The minimum atomic E-state index is -0.332. The van der Waals surface area contributed by atoms with Crippen LogP contribution in [0.5, 0.6) is 0 Å². The predicted octanol–water partition coefficient (Wildman–Crippen LogP) is 3.56. The topological polar surface area (TPSA) is 62.4 Å². The molecule has 0 spiro atoms. The highest BCUT2D eigenvalue weighted by atomic mass is 19.1. The van der Waals surface area contributed by atoms with Gasteiger partial charge in [-0.05, 0) is 38.9 Å². The van der Waals surface area contributed by atoms with Crippen LogP contribution in [-0.2, 0) is 13.1 Å². The molecule has 2 N–H and O–H groups in total. The van der Waals surface area contributed by atoms with Crippen LogP contribution >= 0.6 is 0 Å². The Bertz CT molecular complexity index is 1240. The summed E-state index contributed by atoms with van der Waals surface area (Å²) in [4.78, 5) is 6.66. The van der Waals surface area contributed by atoms with Gasteiger partial charge < -0.3 is 19.9 Å². The molecule has 8 heteroatoms. The van der Waals surface area contributed by atoms with Crippen molar-refractivity contribution in [3.8, 4) is 0 Å².